The minimum atomic E-state index is 0.228. The van der Waals surface area contributed by atoms with E-state index >= 15 is 0 Å². The van der Waals surface area contributed by atoms with E-state index in [1.54, 1.807) is 0 Å². The van der Waals surface area contributed by atoms with Crippen LogP contribution in [-0.4, -0.2) is 33.1 Å². The number of aromatic nitrogens is 2. The molecule has 90 valence electrons. The second-order valence-electron chi connectivity index (χ2n) is 5.01. The Kier molecular flexibility index (Phi) is 3.30. The van der Waals surface area contributed by atoms with Crippen LogP contribution in [0, 0.1) is 0 Å². The Balaban J connectivity index is 2.30. The molecule has 2 N–H and O–H groups in total. The first-order chi connectivity index (χ1) is 7.61. The maximum absolute atomic E-state index is 6.28. The largest absolute Gasteiger partial charge is 0.336 e. The number of likely N-dealkylation sites (tertiary alicyclic amines) is 1. The van der Waals surface area contributed by atoms with Gasteiger partial charge in [0, 0.05) is 25.3 Å². The molecule has 1 aliphatic rings. The summed E-state index contributed by atoms with van der Waals surface area (Å²) in [5.41, 5.74) is 7.52. The van der Waals surface area contributed by atoms with Gasteiger partial charge in [0.25, 0.3) is 0 Å². The summed E-state index contributed by atoms with van der Waals surface area (Å²) in [6, 6.07) is 1.08. The maximum atomic E-state index is 6.28. The molecule has 0 saturated carbocycles. The van der Waals surface area contributed by atoms with Crippen molar-refractivity contribution in [3.05, 3.63) is 18.2 Å². The van der Waals surface area contributed by atoms with E-state index in [0.29, 0.717) is 12.1 Å². The molecule has 2 atom stereocenters. The standard InChI is InChI=1S/C12H22N4/c1-9(2)16-6-4-5-10(13)12(16)11-7-14-8-15(11)3/h7-10,12H,4-6,13H2,1-3H3. The third-order valence-electron chi connectivity index (χ3n) is 3.54. The monoisotopic (exact) mass is 222 g/mol. The Labute approximate surface area is 97.4 Å². The fourth-order valence-corrected chi connectivity index (χ4v) is 2.67. The third kappa shape index (κ3) is 1.99. The van der Waals surface area contributed by atoms with Crippen LogP contribution in [0.15, 0.2) is 12.5 Å². The zero-order valence-corrected chi connectivity index (χ0v) is 10.4. The van der Waals surface area contributed by atoms with Crippen LogP contribution in [0.25, 0.3) is 0 Å². The molecule has 0 bridgehead atoms. The minimum Gasteiger partial charge on any atom is -0.336 e. The molecular formula is C12H22N4. The number of nitrogens with zero attached hydrogens (tertiary/aromatic N) is 3. The molecule has 1 saturated heterocycles. The van der Waals surface area contributed by atoms with Crippen LogP contribution in [0.5, 0.6) is 0 Å². The van der Waals surface area contributed by atoms with Crippen molar-refractivity contribution in [3.8, 4) is 0 Å². The van der Waals surface area contributed by atoms with E-state index < -0.39 is 0 Å². The molecule has 2 rings (SSSR count). The van der Waals surface area contributed by atoms with Gasteiger partial charge in [0.15, 0.2) is 0 Å². The number of rotatable bonds is 2. The lowest BCUT2D eigenvalue weighted by Gasteiger charge is -2.42. The van der Waals surface area contributed by atoms with Gasteiger partial charge >= 0.3 is 0 Å². The molecular weight excluding hydrogens is 200 g/mol. The molecule has 2 unspecified atom stereocenters. The quantitative estimate of drug-likeness (QED) is 0.820. The first-order valence-corrected chi connectivity index (χ1v) is 6.09. The highest BCUT2D eigenvalue weighted by Crippen LogP contribution is 2.31. The summed E-state index contributed by atoms with van der Waals surface area (Å²) in [5.74, 6) is 0. The molecule has 4 nitrogen and oxygen atoms in total. The number of hydrogen-bond acceptors (Lipinski definition) is 3. The van der Waals surface area contributed by atoms with E-state index in [-0.39, 0.29) is 6.04 Å². The van der Waals surface area contributed by atoms with E-state index in [0.717, 1.165) is 13.0 Å². The molecule has 16 heavy (non-hydrogen) atoms. The normalized spacial score (nSPS) is 27.6. The van der Waals surface area contributed by atoms with Crippen molar-refractivity contribution >= 4 is 0 Å². The predicted octanol–water partition coefficient (Wildman–Crippen LogP) is 1.29. The van der Waals surface area contributed by atoms with Crippen LogP contribution in [0.3, 0.4) is 0 Å². The zero-order chi connectivity index (χ0) is 11.7. The summed E-state index contributed by atoms with van der Waals surface area (Å²) in [5, 5.41) is 0. The maximum Gasteiger partial charge on any atom is 0.0946 e. The lowest BCUT2D eigenvalue weighted by Crippen LogP contribution is -2.49. The number of imidazole rings is 1. The van der Waals surface area contributed by atoms with E-state index in [1.807, 2.05) is 19.6 Å². The molecule has 0 aromatic carbocycles. The molecule has 0 amide bonds. The van der Waals surface area contributed by atoms with Gasteiger partial charge in [-0.15, -0.1) is 0 Å². The van der Waals surface area contributed by atoms with Crippen LogP contribution in [0.2, 0.25) is 0 Å². The second-order valence-corrected chi connectivity index (χ2v) is 5.01. The number of aryl methyl sites for hydroxylation is 1. The molecule has 4 heteroatoms. The smallest absolute Gasteiger partial charge is 0.0946 e. The van der Waals surface area contributed by atoms with Crippen molar-refractivity contribution in [2.75, 3.05) is 6.54 Å². The Morgan fingerprint density at radius 2 is 2.25 bits per heavy atom. The highest BCUT2D eigenvalue weighted by molar-refractivity contribution is 5.10. The van der Waals surface area contributed by atoms with Gasteiger partial charge < -0.3 is 10.3 Å². The third-order valence-corrected chi connectivity index (χ3v) is 3.54. The highest BCUT2D eigenvalue weighted by Gasteiger charge is 2.33. The van der Waals surface area contributed by atoms with Gasteiger partial charge in [0.1, 0.15) is 0 Å². The summed E-state index contributed by atoms with van der Waals surface area (Å²) >= 11 is 0. The first kappa shape index (κ1) is 11.6. The fourth-order valence-electron chi connectivity index (χ4n) is 2.67. The zero-order valence-electron chi connectivity index (χ0n) is 10.4. The van der Waals surface area contributed by atoms with Crippen molar-refractivity contribution < 1.29 is 0 Å². The van der Waals surface area contributed by atoms with E-state index in [1.165, 1.54) is 12.1 Å². The molecule has 1 aromatic rings. The van der Waals surface area contributed by atoms with Gasteiger partial charge in [0.05, 0.1) is 18.1 Å². The summed E-state index contributed by atoms with van der Waals surface area (Å²) in [6.45, 7) is 5.62. The topological polar surface area (TPSA) is 47.1 Å². The molecule has 1 aromatic heterocycles. The number of nitrogens with two attached hydrogens (primary N) is 1. The van der Waals surface area contributed by atoms with Crippen molar-refractivity contribution in [3.63, 3.8) is 0 Å². The SMILES string of the molecule is CC(C)N1CCCC(N)C1c1cncn1C. The Hall–Kier alpha value is -0.870. The van der Waals surface area contributed by atoms with Crippen molar-refractivity contribution in [2.24, 2.45) is 12.8 Å². The minimum absolute atomic E-state index is 0.228. The molecule has 0 aliphatic carbocycles. The number of piperidine rings is 1. The first-order valence-electron chi connectivity index (χ1n) is 6.09. The van der Waals surface area contributed by atoms with Crippen LogP contribution in [-0.2, 0) is 7.05 Å². The average molecular weight is 222 g/mol. The summed E-state index contributed by atoms with van der Waals surface area (Å²) in [4.78, 5) is 6.70. The number of hydrogen-bond donors (Lipinski definition) is 1. The Morgan fingerprint density at radius 1 is 1.50 bits per heavy atom. The highest BCUT2D eigenvalue weighted by atomic mass is 15.2. The van der Waals surface area contributed by atoms with Gasteiger partial charge in [0.2, 0.25) is 0 Å². The summed E-state index contributed by atoms with van der Waals surface area (Å²) in [7, 11) is 2.04. The molecule has 1 fully saturated rings. The predicted molar refractivity (Wildman–Crippen MR) is 65.0 cm³/mol. The van der Waals surface area contributed by atoms with E-state index in [2.05, 4.69) is 28.3 Å². The Bertz CT molecular complexity index is 345. The molecule has 0 radical (unpaired) electrons. The average Bonchev–Trinajstić information content (AvgIpc) is 2.64. The van der Waals surface area contributed by atoms with Gasteiger partial charge in [-0.2, -0.15) is 0 Å². The Morgan fingerprint density at radius 3 is 2.81 bits per heavy atom. The van der Waals surface area contributed by atoms with Gasteiger partial charge in [-0.1, -0.05) is 0 Å². The van der Waals surface area contributed by atoms with Crippen LogP contribution in [0.1, 0.15) is 38.4 Å². The molecule has 2 heterocycles. The lowest BCUT2D eigenvalue weighted by atomic mass is 9.93. The van der Waals surface area contributed by atoms with Gasteiger partial charge in [-0.25, -0.2) is 4.98 Å². The fraction of sp³-hybridized carbons (Fsp3) is 0.750. The van der Waals surface area contributed by atoms with Crippen molar-refractivity contribution in [1.29, 1.82) is 0 Å². The molecule has 1 aliphatic heterocycles. The van der Waals surface area contributed by atoms with Crippen LogP contribution in [0.4, 0.5) is 0 Å². The summed E-state index contributed by atoms with van der Waals surface area (Å²) in [6.07, 6.45) is 6.12. The van der Waals surface area contributed by atoms with Crippen molar-refractivity contribution in [2.45, 2.75) is 44.8 Å². The summed E-state index contributed by atoms with van der Waals surface area (Å²) < 4.78 is 2.09. The van der Waals surface area contributed by atoms with Crippen LogP contribution >= 0.6 is 0 Å². The van der Waals surface area contributed by atoms with Gasteiger partial charge in [-0.05, 0) is 33.2 Å². The van der Waals surface area contributed by atoms with E-state index in [4.69, 9.17) is 5.73 Å². The van der Waals surface area contributed by atoms with Crippen molar-refractivity contribution in [1.82, 2.24) is 14.5 Å². The van der Waals surface area contributed by atoms with Crippen LogP contribution < -0.4 is 5.73 Å². The molecule has 0 spiro atoms. The second kappa shape index (κ2) is 4.55. The lowest BCUT2D eigenvalue weighted by molar-refractivity contribution is 0.0901. The van der Waals surface area contributed by atoms with Gasteiger partial charge in [-0.3, -0.25) is 4.90 Å². The van der Waals surface area contributed by atoms with E-state index in [9.17, 15) is 0 Å².